The number of imide groups is 1. The number of nitrogens with one attached hydrogen (secondary N) is 1. The first-order chi connectivity index (χ1) is 12.2. The lowest BCUT2D eigenvalue weighted by molar-refractivity contribution is -0.121. The number of urea groups is 1. The SMILES string of the molecule is COc1c(C)cc(Oc2ncnc(N3C(=O)NC(C)(C)C3=O)n2)cc1C. The van der Waals surface area contributed by atoms with Gasteiger partial charge >= 0.3 is 12.0 Å². The molecule has 1 aromatic heterocycles. The summed E-state index contributed by atoms with van der Waals surface area (Å²) in [6, 6.07) is 2.95. The molecule has 3 amide bonds. The number of methoxy groups -OCH3 is 1. The fourth-order valence-corrected chi connectivity index (χ4v) is 2.76. The molecule has 9 nitrogen and oxygen atoms in total. The summed E-state index contributed by atoms with van der Waals surface area (Å²) >= 11 is 0. The van der Waals surface area contributed by atoms with Crippen LogP contribution in [0.2, 0.25) is 0 Å². The average Bonchev–Trinajstić information content (AvgIpc) is 2.75. The van der Waals surface area contributed by atoms with E-state index in [2.05, 4.69) is 20.3 Å². The van der Waals surface area contributed by atoms with Crippen LogP contribution in [0.3, 0.4) is 0 Å². The number of aryl methyl sites for hydroxylation is 2. The third-order valence-corrected chi connectivity index (χ3v) is 3.94. The molecule has 9 heteroatoms. The largest absolute Gasteiger partial charge is 0.496 e. The average molecular weight is 357 g/mol. The molecular weight excluding hydrogens is 338 g/mol. The third kappa shape index (κ3) is 3.03. The molecule has 1 aliphatic heterocycles. The van der Waals surface area contributed by atoms with E-state index in [1.807, 2.05) is 13.8 Å². The van der Waals surface area contributed by atoms with E-state index in [-0.39, 0.29) is 12.0 Å². The van der Waals surface area contributed by atoms with Gasteiger partial charge < -0.3 is 14.8 Å². The molecular formula is C17H19N5O4. The van der Waals surface area contributed by atoms with Crippen LogP contribution in [0.4, 0.5) is 10.7 Å². The van der Waals surface area contributed by atoms with Gasteiger partial charge in [-0.15, -0.1) is 0 Å². The fraction of sp³-hybridized carbons (Fsp3) is 0.353. The van der Waals surface area contributed by atoms with Gasteiger partial charge in [0.1, 0.15) is 23.4 Å². The lowest BCUT2D eigenvalue weighted by atomic mass is 10.1. The monoisotopic (exact) mass is 357 g/mol. The normalized spacial score (nSPS) is 15.8. The highest BCUT2D eigenvalue weighted by Gasteiger charge is 2.46. The maximum atomic E-state index is 12.4. The van der Waals surface area contributed by atoms with Gasteiger partial charge in [0, 0.05) is 0 Å². The molecule has 1 N–H and O–H groups in total. The Hall–Kier alpha value is -3.23. The molecule has 1 aliphatic rings. The minimum Gasteiger partial charge on any atom is -0.496 e. The molecule has 2 heterocycles. The number of ether oxygens (including phenoxy) is 2. The third-order valence-electron chi connectivity index (χ3n) is 3.94. The molecule has 136 valence electrons. The van der Waals surface area contributed by atoms with E-state index >= 15 is 0 Å². The first kappa shape index (κ1) is 17.6. The van der Waals surface area contributed by atoms with Crippen LogP contribution < -0.4 is 19.7 Å². The van der Waals surface area contributed by atoms with Crippen molar-refractivity contribution in [1.82, 2.24) is 20.3 Å². The molecule has 0 unspecified atom stereocenters. The zero-order valence-electron chi connectivity index (χ0n) is 15.2. The predicted molar refractivity (Wildman–Crippen MR) is 92.5 cm³/mol. The second-order valence-electron chi connectivity index (χ2n) is 6.46. The summed E-state index contributed by atoms with van der Waals surface area (Å²) in [4.78, 5) is 37.2. The number of anilines is 1. The first-order valence-corrected chi connectivity index (χ1v) is 7.92. The minimum absolute atomic E-state index is 0.0238. The molecule has 2 aromatic rings. The van der Waals surface area contributed by atoms with Crippen molar-refractivity contribution in [2.45, 2.75) is 33.2 Å². The minimum atomic E-state index is -1.02. The molecule has 0 spiro atoms. The number of carbonyl (C=O) groups excluding carboxylic acids is 2. The Labute approximate surface area is 150 Å². The highest BCUT2D eigenvalue weighted by atomic mass is 16.5. The summed E-state index contributed by atoms with van der Waals surface area (Å²) in [6.07, 6.45) is 1.19. The van der Waals surface area contributed by atoms with Crippen molar-refractivity contribution in [2.24, 2.45) is 0 Å². The molecule has 26 heavy (non-hydrogen) atoms. The van der Waals surface area contributed by atoms with E-state index in [4.69, 9.17) is 9.47 Å². The Bertz CT molecular complexity index is 873. The lowest BCUT2D eigenvalue weighted by Gasteiger charge is -2.15. The highest BCUT2D eigenvalue weighted by Crippen LogP contribution is 2.30. The Morgan fingerprint density at radius 3 is 2.31 bits per heavy atom. The zero-order chi connectivity index (χ0) is 19.1. The van der Waals surface area contributed by atoms with Crippen LogP contribution in [0, 0.1) is 13.8 Å². The van der Waals surface area contributed by atoms with Crippen molar-refractivity contribution in [1.29, 1.82) is 0 Å². The van der Waals surface area contributed by atoms with Crippen LogP contribution in [0.5, 0.6) is 17.5 Å². The van der Waals surface area contributed by atoms with E-state index in [1.54, 1.807) is 33.1 Å². The van der Waals surface area contributed by atoms with Gasteiger partial charge in [-0.1, -0.05) is 0 Å². The van der Waals surface area contributed by atoms with Crippen molar-refractivity contribution < 1.29 is 19.1 Å². The topological polar surface area (TPSA) is 107 Å². The fourth-order valence-electron chi connectivity index (χ4n) is 2.76. The Balaban J connectivity index is 1.89. The molecule has 1 aromatic carbocycles. The molecule has 1 fully saturated rings. The number of hydrogen-bond donors (Lipinski definition) is 1. The van der Waals surface area contributed by atoms with Crippen molar-refractivity contribution in [3.63, 3.8) is 0 Å². The molecule has 1 saturated heterocycles. The van der Waals surface area contributed by atoms with E-state index in [0.29, 0.717) is 5.75 Å². The Morgan fingerprint density at radius 2 is 1.77 bits per heavy atom. The van der Waals surface area contributed by atoms with Crippen LogP contribution in [-0.4, -0.2) is 39.5 Å². The Morgan fingerprint density at radius 1 is 1.12 bits per heavy atom. The van der Waals surface area contributed by atoms with Gasteiger partial charge in [-0.25, -0.2) is 9.78 Å². The number of nitrogens with zero attached hydrogens (tertiary/aromatic N) is 4. The lowest BCUT2D eigenvalue weighted by Crippen LogP contribution is -2.40. The summed E-state index contributed by atoms with van der Waals surface area (Å²) in [6.45, 7) is 7.00. The summed E-state index contributed by atoms with van der Waals surface area (Å²) in [5.41, 5.74) is 0.773. The van der Waals surface area contributed by atoms with Gasteiger partial charge in [0.2, 0.25) is 5.95 Å². The van der Waals surface area contributed by atoms with Crippen LogP contribution in [0.1, 0.15) is 25.0 Å². The number of aromatic nitrogens is 3. The first-order valence-electron chi connectivity index (χ1n) is 7.92. The van der Waals surface area contributed by atoms with Crippen molar-refractivity contribution in [3.8, 4) is 17.5 Å². The number of hydrogen-bond acceptors (Lipinski definition) is 7. The number of carbonyl (C=O) groups is 2. The molecule has 0 saturated carbocycles. The van der Waals surface area contributed by atoms with E-state index < -0.39 is 17.5 Å². The number of amides is 3. The summed E-state index contributed by atoms with van der Waals surface area (Å²) < 4.78 is 11.0. The highest BCUT2D eigenvalue weighted by molar-refractivity contribution is 6.22. The van der Waals surface area contributed by atoms with Gasteiger partial charge in [-0.05, 0) is 51.0 Å². The van der Waals surface area contributed by atoms with Gasteiger partial charge in [-0.3, -0.25) is 4.79 Å². The van der Waals surface area contributed by atoms with Gasteiger partial charge in [0.25, 0.3) is 5.91 Å². The molecule has 0 aliphatic carbocycles. The molecule has 0 radical (unpaired) electrons. The molecule has 3 rings (SSSR count). The number of benzene rings is 1. The van der Waals surface area contributed by atoms with Crippen LogP contribution in [0.15, 0.2) is 18.5 Å². The van der Waals surface area contributed by atoms with Gasteiger partial charge in [0.15, 0.2) is 0 Å². The summed E-state index contributed by atoms with van der Waals surface area (Å²) in [7, 11) is 1.60. The maximum absolute atomic E-state index is 12.4. The molecule has 0 atom stereocenters. The van der Waals surface area contributed by atoms with Crippen LogP contribution in [-0.2, 0) is 4.79 Å². The van der Waals surface area contributed by atoms with E-state index in [0.717, 1.165) is 21.8 Å². The van der Waals surface area contributed by atoms with Gasteiger partial charge in [0.05, 0.1) is 7.11 Å². The number of rotatable bonds is 4. The smallest absolute Gasteiger partial charge is 0.332 e. The summed E-state index contributed by atoms with van der Waals surface area (Å²) in [5, 5.41) is 2.57. The predicted octanol–water partition coefficient (Wildman–Crippen LogP) is 2.12. The quantitative estimate of drug-likeness (QED) is 0.835. The van der Waals surface area contributed by atoms with Gasteiger partial charge in [-0.2, -0.15) is 14.9 Å². The second kappa shape index (κ2) is 6.25. The Kier molecular flexibility index (Phi) is 4.23. The van der Waals surface area contributed by atoms with Crippen LogP contribution in [0.25, 0.3) is 0 Å². The van der Waals surface area contributed by atoms with E-state index in [1.165, 1.54) is 6.33 Å². The van der Waals surface area contributed by atoms with Crippen molar-refractivity contribution in [3.05, 3.63) is 29.6 Å². The molecule has 0 bridgehead atoms. The standard InChI is InChI=1S/C17H19N5O4/c1-9-6-11(7-10(2)12(9)25-5)26-15-19-8-18-14(20-15)22-13(23)17(3,4)21-16(22)24/h6-8H,1-5H3,(H,21,24). The maximum Gasteiger partial charge on any atom is 0.332 e. The van der Waals surface area contributed by atoms with Crippen molar-refractivity contribution in [2.75, 3.05) is 12.0 Å². The van der Waals surface area contributed by atoms with Crippen LogP contribution >= 0.6 is 0 Å². The summed E-state index contributed by atoms with van der Waals surface area (Å²) in [5.74, 6) is 0.742. The second-order valence-corrected chi connectivity index (χ2v) is 6.46. The van der Waals surface area contributed by atoms with Crippen molar-refractivity contribution >= 4 is 17.9 Å². The zero-order valence-corrected chi connectivity index (χ0v) is 15.2. The van der Waals surface area contributed by atoms with E-state index in [9.17, 15) is 9.59 Å².